The SMILES string of the molecule is C=Nc1cc(C(=O)NC(CC)CCC)ccc1NC. The van der Waals surface area contributed by atoms with Crippen LogP contribution in [-0.2, 0) is 0 Å². The number of aliphatic imine (C=N–C) groups is 1. The van der Waals surface area contributed by atoms with Gasteiger partial charge in [-0.25, -0.2) is 0 Å². The molecule has 1 unspecified atom stereocenters. The Morgan fingerprint density at radius 1 is 1.42 bits per heavy atom. The molecule has 104 valence electrons. The lowest BCUT2D eigenvalue weighted by atomic mass is 10.1. The maximum absolute atomic E-state index is 12.2. The van der Waals surface area contributed by atoms with Crippen LogP contribution < -0.4 is 10.6 Å². The molecule has 1 rings (SSSR count). The first-order valence-corrected chi connectivity index (χ1v) is 6.75. The summed E-state index contributed by atoms with van der Waals surface area (Å²) in [6.07, 6.45) is 3.01. The fourth-order valence-corrected chi connectivity index (χ4v) is 2.01. The van der Waals surface area contributed by atoms with Gasteiger partial charge in [0.2, 0.25) is 0 Å². The Labute approximate surface area is 115 Å². The lowest BCUT2D eigenvalue weighted by Crippen LogP contribution is -2.34. The normalized spacial score (nSPS) is 11.7. The molecule has 0 bridgehead atoms. The number of amides is 1. The number of rotatable bonds is 7. The summed E-state index contributed by atoms with van der Waals surface area (Å²) in [5.74, 6) is -0.0483. The zero-order valence-corrected chi connectivity index (χ0v) is 12.0. The Morgan fingerprint density at radius 2 is 2.16 bits per heavy atom. The van der Waals surface area contributed by atoms with Crippen molar-refractivity contribution >= 4 is 24.0 Å². The van der Waals surface area contributed by atoms with Crippen molar-refractivity contribution < 1.29 is 4.79 Å². The Morgan fingerprint density at radius 3 is 2.68 bits per heavy atom. The molecule has 0 aliphatic carbocycles. The minimum atomic E-state index is -0.0483. The summed E-state index contributed by atoms with van der Waals surface area (Å²) in [6, 6.07) is 5.64. The Hall–Kier alpha value is -1.84. The summed E-state index contributed by atoms with van der Waals surface area (Å²) in [6.45, 7) is 7.73. The third kappa shape index (κ3) is 4.09. The predicted octanol–water partition coefficient (Wildman–Crippen LogP) is 3.37. The highest BCUT2D eigenvalue weighted by Crippen LogP contribution is 2.25. The Balaban J connectivity index is 2.84. The summed E-state index contributed by atoms with van der Waals surface area (Å²) in [4.78, 5) is 16.1. The van der Waals surface area contributed by atoms with E-state index in [1.807, 2.05) is 13.1 Å². The van der Waals surface area contributed by atoms with Gasteiger partial charge < -0.3 is 10.6 Å². The topological polar surface area (TPSA) is 53.5 Å². The second-order valence-electron chi connectivity index (χ2n) is 4.51. The molecule has 0 aliphatic rings. The fraction of sp³-hybridized carbons (Fsp3) is 0.467. The van der Waals surface area contributed by atoms with Crippen LogP contribution >= 0.6 is 0 Å². The molecule has 1 aromatic rings. The van der Waals surface area contributed by atoms with E-state index >= 15 is 0 Å². The smallest absolute Gasteiger partial charge is 0.251 e. The number of carbonyl (C=O) groups is 1. The number of nitrogens with zero attached hydrogens (tertiary/aromatic N) is 1. The quantitative estimate of drug-likeness (QED) is 0.739. The van der Waals surface area contributed by atoms with Crippen LogP contribution in [0.2, 0.25) is 0 Å². The Bertz CT molecular complexity index is 443. The van der Waals surface area contributed by atoms with Gasteiger partial charge in [0, 0.05) is 18.7 Å². The molecule has 4 nitrogen and oxygen atoms in total. The third-order valence-corrected chi connectivity index (χ3v) is 3.16. The van der Waals surface area contributed by atoms with Crippen molar-refractivity contribution in [3.05, 3.63) is 23.8 Å². The monoisotopic (exact) mass is 261 g/mol. The molecule has 0 saturated carbocycles. The largest absolute Gasteiger partial charge is 0.386 e. The van der Waals surface area contributed by atoms with E-state index in [0.29, 0.717) is 11.3 Å². The van der Waals surface area contributed by atoms with Crippen LogP contribution in [-0.4, -0.2) is 25.7 Å². The summed E-state index contributed by atoms with van der Waals surface area (Å²) in [7, 11) is 1.82. The summed E-state index contributed by atoms with van der Waals surface area (Å²) < 4.78 is 0. The molecule has 1 amide bonds. The van der Waals surface area contributed by atoms with Gasteiger partial charge in [0.05, 0.1) is 11.4 Å². The van der Waals surface area contributed by atoms with Crippen molar-refractivity contribution in [2.24, 2.45) is 4.99 Å². The molecule has 0 spiro atoms. The molecule has 0 radical (unpaired) electrons. The van der Waals surface area contributed by atoms with Crippen LogP contribution in [0.5, 0.6) is 0 Å². The van der Waals surface area contributed by atoms with Crippen molar-refractivity contribution in [1.29, 1.82) is 0 Å². The number of carbonyl (C=O) groups excluding carboxylic acids is 1. The number of hydrogen-bond donors (Lipinski definition) is 2. The average molecular weight is 261 g/mol. The number of anilines is 1. The van der Waals surface area contributed by atoms with E-state index in [0.717, 1.165) is 24.9 Å². The van der Waals surface area contributed by atoms with Gasteiger partial charge in [0.25, 0.3) is 5.91 Å². The molecular formula is C15H23N3O. The molecule has 0 aliphatic heterocycles. The maximum Gasteiger partial charge on any atom is 0.251 e. The van der Waals surface area contributed by atoms with E-state index in [1.165, 1.54) is 0 Å². The zero-order valence-electron chi connectivity index (χ0n) is 12.0. The van der Waals surface area contributed by atoms with E-state index in [2.05, 4.69) is 36.2 Å². The van der Waals surface area contributed by atoms with Crippen molar-refractivity contribution in [2.45, 2.75) is 39.2 Å². The van der Waals surface area contributed by atoms with E-state index in [4.69, 9.17) is 0 Å². The average Bonchev–Trinajstić information content (AvgIpc) is 2.45. The summed E-state index contributed by atoms with van der Waals surface area (Å²) >= 11 is 0. The molecule has 1 atom stereocenters. The lowest BCUT2D eigenvalue weighted by molar-refractivity contribution is 0.0934. The van der Waals surface area contributed by atoms with Gasteiger partial charge >= 0.3 is 0 Å². The van der Waals surface area contributed by atoms with Crippen molar-refractivity contribution in [1.82, 2.24) is 5.32 Å². The maximum atomic E-state index is 12.2. The van der Waals surface area contributed by atoms with Crippen LogP contribution in [0.3, 0.4) is 0 Å². The Kier molecular flexibility index (Phi) is 6.06. The minimum Gasteiger partial charge on any atom is -0.386 e. The van der Waals surface area contributed by atoms with Crippen LogP contribution in [0.1, 0.15) is 43.5 Å². The first-order valence-electron chi connectivity index (χ1n) is 6.75. The summed E-state index contributed by atoms with van der Waals surface area (Å²) in [5.41, 5.74) is 2.18. The zero-order chi connectivity index (χ0) is 14.3. The van der Waals surface area contributed by atoms with Gasteiger partial charge in [-0.2, -0.15) is 0 Å². The lowest BCUT2D eigenvalue weighted by Gasteiger charge is -2.16. The fourth-order valence-electron chi connectivity index (χ4n) is 2.01. The van der Waals surface area contributed by atoms with E-state index in [1.54, 1.807) is 12.1 Å². The third-order valence-electron chi connectivity index (χ3n) is 3.16. The summed E-state index contributed by atoms with van der Waals surface area (Å²) in [5, 5.41) is 6.07. The first-order chi connectivity index (χ1) is 9.15. The van der Waals surface area contributed by atoms with E-state index in [9.17, 15) is 4.79 Å². The molecule has 0 heterocycles. The van der Waals surface area contributed by atoms with Crippen LogP contribution in [0.15, 0.2) is 23.2 Å². The predicted molar refractivity (Wildman–Crippen MR) is 81.7 cm³/mol. The van der Waals surface area contributed by atoms with E-state index < -0.39 is 0 Å². The van der Waals surface area contributed by atoms with Crippen molar-refractivity contribution in [3.8, 4) is 0 Å². The van der Waals surface area contributed by atoms with Gasteiger partial charge in [-0.3, -0.25) is 9.79 Å². The van der Waals surface area contributed by atoms with Crippen LogP contribution in [0.25, 0.3) is 0 Å². The highest BCUT2D eigenvalue weighted by molar-refractivity contribution is 5.96. The highest BCUT2D eigenvalue weighted by Gasteiger charge is 2.12. The second-order valence-corrected chi connectivity index (χ2v) is 4.51. The molecule has 0 aromatic heterocycles. The first kappa shape index (κ1) is 15.2. The van der Waals surface area contributed by atoms with Crippen LogP contribution in [0, 0.1) is 0 Å². The molecular weight excluding hydrogens is 238 g/mol. The van der Waals surface area contributed by atoms with Gasteiger partial charge in [-0.1, -0.05) is 20.3 Å². The van der Waals surface area contributed by atoms with Gasteiger partial charge in [-0.05, 0) is 37.8 Å². The number of benzene rings is 1. The molecule has 0 fully saturated rings. The van der Waals surface area contributed by atoms with E-state index in [-0.39, 0.29) is 11.9 Å². The molecule has 19 heavy (non-hydrogen) atoms. The van der Waals surface area contributed by atoms with Crippen molar-refractivity contribution in [3.63, 3.8) is 0 Å². The minimum absolute atomic E-state index is 0.0483. The number of nitrogens with one attached hydrogen (secondary N) is 2. The van der Waals surface area contributed by atoms with Crippen LogP contribution in [0.4, 0.5) is 11.4 Å². The van der Waals surface area contributed by atoms with Gasteiger partial charge in [0.15, 0.2) is 0 Å². The van der Waals surface area contributed by atoms with Gasteiger partial charge in [-0.15, -0.1) is 0 Å². The second kappa shape index (κ2) is 7.56. The molecule has 2 N–H and O–H groups in total. The molecule has 1 aromatic carbocycles. The van der Waals surface area contributed by atoms with Crippen molar-refractivity contribution in [2.75, 3.05) is 12.4 Å². The standard InChI is InChI=1S/C15H23N3O/c1-5-7-12(6-2)18-15(19)11-8-9-13(16-3)14(10-11)17-4/h8-10,12,16H,4-7H2,1-3H3,(H,18,19). The number of hydrogen-bond acceptors (Lipinski definition) is 3. The highest BCUT2D eigenvalue weighted by atomic mass is 16.1. The van der Waals surface area contributed by atoms with Gasteiger partial charge in [0.1, 0.15) is 0 Å². The molecule has 4 heteroatoms. The molecule has 0 saturated heterocycles.